The topological polar surface area (TPSA) is 114 Å². The highest BCUT2D eigenvalue weighted by Crippen LogP contribution is 2.40. The first-order valence-corrected chi connectivity index (χ1v) is 13.9. The third-order valence-electron chi connectivity index (χ3n) is 8.00. The van der Waals surface area contributed by atoms with Crippen molar-refractivity contribution in [2.45, 2.75) is 38.1 Å². The summed E-state index contributed by atoms with van der Waals surface area (Å²) in [6, 6.07) is 21.0. The second-order valence-corrected chi connectivity index (χ2v) is 10.7. The maximum absolute atomic E-state index is 14.0. The summed E-state index contributed by atoms with van der Waals surface area (Å²) in [5, 5.41) is 6.01. The molecule has 4 N–H and O–H groups in total. The number of anilines is 2. The Kier molecular flexibility index (Phi) is 8.45. The lowest BCUT2D eigenvalue weighted by atomic mass is 9.81. The van der Waals surface area contributed by atoms with Crippen molar-refractivity contribution in [3.05, 3.63) is 89.5 Å². The van der Waals surface area contributed by atoms with Gasteiger partial charge in [0, 0.05) is 17.7 Å². The molecule has 0 spiro atoms. The van der Waals surface area contributed by atoms with E-state index in [1.807, 2.05) is 30.3 Å². The Morgan fingerprint density at radius 2 is 1.73 bits per heavy atom. The lowest BCUT2D eigenvalue weighted by Crippen LogP contribution is -2.35. The number of amides is 3. The van der Waals surface area contributed by atoms with Gasteiger partial charge in [-0.15, -0.1) is 0 Å². The molecule has 3 aromatic carbocycles. The van der Waals surface area contributed by atoms with Gasteiger partial charge in [-0.25, -0.2) is 0 Å². The van der Waals surface area contributed by atoms with Gasteiger partial charge in [0.15, 0.2) is 0 Å². The molecule has 0 bridgehead atoms. The highest BCUT2D eigenvalue weighted by Gasteiger charge is 2.34. The van der Waals surface area contributed by atoms with Gasteiger partial charge in [-0.05, 0) is 85.7 Å². The minimum absolute atomic E-state index is 0.0755. The summed E-state index contributed by atoms with van der Waals surface area (Å²) in [6.45, 7) is 1.28. The van der Waals surface area contributed by atoms with Gasteiger partial charge in [-0.1, -0.05) is 36.8 Å². The fraction of sp³-hybridized carbons (Fsp3) is 0.344. The number of fused-ring (bicyclic) bond motifs is 1. The molecule has 3 unspecified atom stereocenters. The number of ether oxygens (including phenoxy) is 1. The van der Waals surface area contributed by atoms with E-state index in [1.54, 1.807) is 54.5 Å². The highest BCUT2D eigenvalue weighted by molar-refractivity contribution is 6.12. The molecule has 3 atom stereocenters. The molecule has 0 radical (unpaired) electrons. The number of rotatable bonds is 7. The van der Waals surface area contributed by atoms with E-state index in [4.69, 9.17) is 10.5 Å². The van der Waals surface area contributed by atoms with Crippen LogP contribution in [-0.4, -0.2) is 37.9 Å². The third-order valence-corrected chi connectivity index (χ3v) is 8.00. The number of carbonyl (C=O) groups is 3. The van der Waals surface area contributed by atoms with Gasteiger partial charge in [-0.2, -0.15) is 0 Å². The molecule has 0 aromatic heterocycles. The molecule has 1 aliphatic carbocycles. The summed E-state index contributed by atoms with van der Waals surface area (Å²) in [7, 11) is 1.57. The smallest absolute Gasteiger partial charge is 0.258 e. The summed E-state index contributed by atoms with van der Waals surface area (Å²) in [4.78, 5) is 41.9. The zero-order valence-electron chi connectivity index (χ0n) is 22.8. The van der Waals surface area contributed by atoms with Crippen LogP contribution in [0.25, 0.3) is 0 Å². The highest BCUT2D eigenvalue weighted by atomic mass is 16.5. The summed E-state index contributed by atoms with van der Waals surface area (Å²) >= 11 is 0. The van der Waals surface area contributed by atoms with E-state index >= 15 is 0 Å². The van der Waals surface area contributed by atoms with Crippen molar-refractivity contribution in [2.75, 3.05) is 30.4 Å². The molecule has 3 amide bonds. The number of carbonyl (C=O) groups excluding carboxylic acids is 3. The Balaban J connectivity index is 1.45. The van der Waals surface area contributed by atoms with Crippen LogP contribution in [0.2, 0.25) is 0 Å². The van der Waals surface area contributed by atoms with Crippen molar-refractivity contribution in [2.24, 2.45) is 17.6 Å². The number of nitrogens with two attached hydrogens (primary N) is 1. The molecule has 208 valence electrons. The van der Waals surface area contributed by atoms with E-state index in [1.165, 1.54) is 0 Å². The lowest BCUT2D eigenvalue weighted by molar-refractivity contribution is -0.116. The standard InChI is InChI=1S/C32H36N4O4/c1-40-26-13-10-24(11-14-26)32(39)36-28-15-12-25(31(38)34-20-22-7-5-6-21(16-22)19-33)17-27(28)35-30(37)18-29(36)23-8-3-2-4-9-23/h2-4,8-15,17,21-22,29H,5-7,16,18-20,33H2,1H3,(H,34,38)(H,35,37). The van der Waals surface area contributed by atoms with Crippen molar-refractivity contribution >= 4 is 29.1 Å². The number of hydrogen-bond donors (Lipinski definition) is 3. The van der Waals surface area contributed by atoms with Crippen molar-refractivity contribution < 1.29 is 19.1 Å². The first-order valence-electron chi connectivity index (χ1n) is 13.9. The Morgan fingerprint density at radius 1 is 1.00 bits per heavy atom. The number of nitrogens with one attached hydrogen (secondary N) is 2. The maximum Gasteiger partial charge on any atom is 0.258 e. The van der Waals surface area contributed by atoms with Gasteiger partial charge < -0.3 is 21.1 Å². The zero-order chi connectivity index (χ0) is 28.1. The van der Waals surface area contributed by atoms with Crippen LogP contribution in [-0.2, 0) is 4.79 Å². The second-order valence-electron chi connectivity index (χ2n) is 10.7. The fourth-order valence-corrected chi connectivity index (χ4v) is 5.83. The van der Waals surface area contributed by atoms with E-state index in [-0.39, 0.29) is 24.1 Å². The first-order chi connectivity index (χ1) is 19.5. The average molecular weight is 541 g/mol. The number of methoxy groups -OCH3 is 1. The van der Waals surface area contributed by atoms with Crippen molar-refractivity contribution in [3.8, 4) is 5.75 Å². The molecule has 1 heterocycles. The van der Waals surface area contributed by atoms with Gasteiger partial charge in [-0.3, -0.25) is 19.3 Å². The van der Waals surface area contributed by atoms with Crippen LogP contribution in [0.5, 0.6) is 5.75 Å². The molecule has 40 heavy (non-hydrogen) atoms. The summed E-state index contributed by atoms with van der Waals surface area (Å²) in [6.07, 6.45) is 4.47. The van der Waals surface area contributed by atoms with Crippen LogP contribution >= 0.6 is 0 Å². The summed E-state index contributed by atoms with van der Waals surface area (Å²) in [5.41, 5.74) is 8.58. The van der Waals surface area contributed by atoms with E-state index in [0.717, 1.165) is 31.2 Å². The fourth-order valence-electron chi connectivity index (χ4n) is 5.83. The molecule has 3 aromatic rings. The van der Waals surface area contributed by atoms with E-state index in [9.17, 15) is 14.4 Å². The first kappa shape index (κ1) is 27.4. The van der Waals surface area contributed by atoms with Crippen LogP contribution in [0.4, 0.5) is 11.4 Å². The molecule has 5 rings (SSSR count). The van der Waals surface area contributed by atoms with Crippen molar-refractivity contribution in [1.29, 1.82) is 0 Å². The predicted molar refractivity (Wildman–Crippen MR) is 156 cm³/mol. The summed E-state index contributed by atoms with van der Waals surface area (Å²) in [5.74, 6) is 0.891. The van der Waals surface area contributed by atoms with Gasteiger partial charge in [0.2, 0.25) is 5.91 Å². The molecule has 2 aliphatic rings. The monoisotopic (exact) mass is 540 g/mol. The van der Waals surface area contributed by atoms with Gasteiger partial charge in [0.05, 0.1) is 30.9 Å². The average Bonchev–Trinajstić information content (AvgIpc) is 3.15. The molecular weight excluding hydrogens is 504 g/mol. The number of benzene rings is 3. The van der Waals surface area contributed by atoms with E-state index in [0.29, 0.717) is 53.2 Å². The molecule has 1 fully saturated rings. The van der Waals surface area contributed by atoms with Crippen molar-refractivity contribution in [3.63, 3.8) is 0 Å². The second kappa shape index (κ2) is 12.3. The molecule has 8 nitrogen and oxygen atoms in total. The Labute approximate surface area is 234 Å². The van der Waals surface area contributed by atoms with Crippen LogP contribution in [0.1, 0.15) is 64.4 Å². The molecular formula is C32H36N4O4. The van der Waals surface area contributed by atoms with Gasteiger partial charge in [0.25, 0.3) is 11.8 Å². The van der Waals surface area contributed by atoms with Crippen LogP contribution < -0.4 is 26.0 Å². The molecule has 1 saturated carbocycles. The van der Waals surface area contributed by atoms with Gasteiger partial charge in [0.1, 0.15) is 5.75 Å². The minimum Gasteiger partial charge on any atom is -0.497 e. The lowest BCUT2D eigenvalue weighted by Gasteiger charge is -2.31. The molecule has 8 heteroatoms. The van der Waals surface area contributed by atoms with Gasteiger partial charge >= 0.3 is 0 Å². The largest absolute Gasteiger partial charge is 0.497 e. The Morgan fingerprint density at radius 3 is 2.45 bits per heavy atom. The van der Waals surface area contributed by atoms with Crippen LogP contribution in [0.3, 0.4) is 0 Å². The minimum atomic E-state index is -0.529. The molecule has 0 saturated heterocycles. The van der Waals surface area contributed by atoms with Crippen LogP contribution in [0, 0.1) is 11.8 Å². The Hall–Kier alpha value is -4.17. The quantitative estimate of drug-likeness (QED) is 0.394. The number of nitrogens with zero attached hydrogens (tertiary/aromatic N) is 1. The van der Waals surface area contributed by atoms with E-state index in [2.05, 4.69) is 10.6 Å². The summed E-state index contributed by atoms with van der Waals surface area (Å²) < 4.78 is 5.26. The van der Waals surface area contributed by atoms with Crippen LogP contribution in [0.15, 0.2) is 72.8 Å². The maximum atomic E-state index is 14.0. The Bertz CT molecular complexity index is 1360. The van der Waals surface area contributed by atoms with Crippen molar-refractivity contribution in [1.82, 2.24) is 5.32 Å². The van der Waals surface area contributed by atoms with E-state index < -0.39 is 6.04 Å². The normalized spacial score (nSPS) is 20.6. The number of hydrogen-bond acceptors (Lipinski definition) is 5. The predicted octanol–water partition coefficient (Wildman–Crippen LogP) is 4.92. The SMILES string of the molecule is COc1ccc(C(=O)N2c3ccc(C(=O)NCC4CCCC(CN)C4)cc3NC(=O)CC2c2ccccc2)cc1. The third kappa shape index (κ3) is 6.02. The zero-order valence-corrected chi connectivity index (χ0v) is 22.8. The molecule has 1 aliphatic heterocycles.